The molecule has 2 aliphatic heterocycles. The van der Waals surface area contributed by atoms with Gasteiger partial charge in [0.25, 0.3) is 5.91 Å². The lowest BCUT2D eigenvalue weighted by atomic mass is 9.91. The number of halogens is 2. The number of carboxylic acids is 1. The lowest BCUT2D eigenvalue weighted by molar-refractivity contribution is -0.142. The first-order valence-corrected chi connectivity index (χ1v) is 20.4. The van der Waals surface area contributed by atoms with Crippen molar-refractivity contribution in [1.29, 1.82) is 5.26 Å². The van der Waals surface area contributed by atoms with Crippen LogP contribution in [0.4, 0.5) is 5.69 Å². The third kappa shape index (κ3) is 9.12. The van der Waals surface area contributed by atoms with Crippen molar-refractivity contribution < 1.29 is 29.0 Å². The van der Waals surface area contributed by atoms with E-state index < -0.39 is 30.1 Å². The number of thiophene rings is 1. The molecule has 1 unspecified atom stereocenters. The molecule has 0 spiro atoms. The molecule has 0 fully saturated rings. The molecular weight excluding hydrogens is 808 g/mol. The van der Waals surface area contributed by atoms with Crippen LogP contribution in [0.25, 0.3) is 11.1 Å². The zero-order valence-corrected chi connectivity index (χ0v) is 33.7. The highest BCUT2D eigenvalue weighted by Crippen LogP contribution is 2.40. The van der Waals surface area contributed by atoms with Crippen molar-refractivity contribution in [2.24, 2.45) is 0 Å². The maximum absolute atomic E-state index is 14.1. The first kappa shape index (κ1) is 39.7. The summed E-state index contributed by atoms with van der Waals surface area (Å²) in [4.78, 5) is 43.1. The maximum Gasteiger partial charge on any atom is 0.326 e. The number of nitrogens with zero attached hydrogens (tertiary/aromatic N) is 2. The van der Waals surface area contributed by atoms with Crippen LogP contribution in [0.15, 0.2) is 121 Å². The zero-order valence-electron chi connectivity index (χ0n) is 31.4. The van der Waals surface area contributed by atoms with Crippen molar-refractivity contribution in [3.8, 4) is 28.7 Å². The number of rotatable bonds is 12. The van der Waals surface area contributed by atoms with Gasteiger partial charge in [-0.15, -0.1) is 11.3 Å². The molecule has 0 bridgehead atoms. The Kier molecular flexibility index (Phi) is 11.7. The van der Waals surface area contributed by atoms with E-state index >= 15 is 0 Å². The van der Waals surface area contributed by atoms with Gasteiger partial charge < -0.3 is 25.2 Å². The number of ether oxygens (including phenoxy) is 2. The van der Waals surface area contributed by atoms with E-state index in [0.29, 0.717) is 64.5 Å². The molecule has 1 aromatic heterocycles. The normalized spacial score (nSPS) is 16.4. The van der Waals surface area contributed by atoms with Crippen molar-refractivity contribution in [3.05, 3.63) is 169 Å². The second kappa shape index (κ2) is 17.4. The number of anilines is 1. The van der Waals surface area contributed by atoms with Crippen molar-refractivity contribution in [1.82, 2.24) is 10.2 Å². The molecule has 2 amide bonds. The molecule has 5 aromatic carbocycles. The summed E-state index contributed by atoms with van der Waals surface area (Å²) in [6, 6.07) is 35.2. The van der Waals surface area contributed by atoms with Gasteiger partial charge in [-0.3, -0.25) is 14.5 Å². The van der Waals surface area contributed by atoms with Crippen LogP contribution < -0.4 is 20.1 Å². The Morgan fingerprint density at radius 1 is 0.932 bits per heavy atom. The number of carboxylic acid groups (broad SMARTS) is 1. The summed E-state index contributed by atoms with van der Waals surface area (Å²) in [6.07, 6.45) is -0.502. The summed E-state index contributed by atoms with van der Waals surface area (Å²) in [5, 5.41) is 28.1. The molecule has 0 saturated heterocycles. The molecule has 0 saturated carbocycles. The number of amides is 2. The molecule has 0 radical (unpaired) electrons. The minimum absolute atomic E-state index is 0.0927. The van der Waals surface area contributed by atoms with E-state index in [2.05, 4.69) is 21.6 Å². The number of benzene rings is 5. The number of hydrogen-bond donors (Lipinski definition) is 3. The first-order valence-electron chi connectivity index (χ1n) is 18.8. The Hall–Kier alpha value is -6.16. The highest BCUT2D eigenvalue weighted by atomic mass is 35.5. The molecule has 2 aliphatic rings. The van der Waals surface area contributed by atoms with Crippen LogP contribution in [0.5, 0.6) is 11.5 Å². The van der Waals surface area contributed by atoms with Gasteiger partial charge in [-0.25, -0.2) is 4.79 Å². The molecule has 296 valence electrons. The van der Waals surface area contributed by atoms with Gasteiger partial charge in [0.05, 0.1) is 33.4 Å². The molecule has 8 rings (SSSR count). The topological polar surface area (TPSA) is 141 Å². The average molecular weight is 844 g/mol. The van der Waals surface area contributed by atoms with Gasteiger partial charge in [0.2, 0.25) is 12.0 Å². The monoisotopic (exact) mass is 842 g/mol. The van der Waals surface area contributed by atoms with Gasteiger partial charge in [0.1, 0.15) is 24.1 Å². The number of carbonyl (C=O) groups is 3. The van der Waals surface area contributed by atoms with E-state index in [4.69, 9.17) is 37.9 Å². The highest BCUT2D eigenvalue weighted by Gasteiger charge is 2.37. The predicted octanol–water partition coefficient (Wildman–Crippen LogP) is 8.98. The summed E-state index contributed by atoms with van der Waals surface area (Å²) in [6.45, 7) is 1.18. The highest BCUT2D eigenvalue weighted by molar-refractivity contribution is 7.09. The van der Waals surface area contributed by atoms with Gasteiger partial charge in [0.15, 0.2) is 0 Å². The van der Waals surface area contributed by atoms with Crippen LogP contribution in [-0.2, 0) is 46.9 Å². The maximum atomic E-state index is 14.1. The Labute approximate surface area is 354 Å². The standard InChI is InChI=1S/C46H36Cl2N4O6S/c47-37-16-7-29(18-38(37)48)26-57-35-14-12-32(13-15-35)43-45(54)50-39-20-33-21-41(52(25-36-2-1-17-59-36)24-34(33)22-42(39)58-43)44(53)51-40(46(55)56)19-27-3-8-30(9-4-27)31-10-5-28(23-49)6-11-31/h1-18,20,22,40-41,43H,19,21,24-26H2,(H,50,54)(H,51,53)(H,55,56)/t40-,41?,43-/m0/s1. The SMILES string of the molecule is N#Cc1ccc(-c2ccc(C[C@H](NC(=O)C3Cc4cc5c(cc4CN3Cc3cccs3)O[C@@H](c3ccc(OCc4ccc(Cl)c(Cl)c4)cc3)C(=O)N5)C(=O)O)cc2)cc1. The molecule has 3 atom stereocenters. The second-order valence-corrected chi connectivity index (χ2v) is 16.3. The summed E-state index contributed by atoms with van der Waals surface area (Å²) in [5.41, 5.74) is 7.01. The number of nitriles is 1. The fourth-order valence-corrected chi connectivity index (χ4v) is 8.35. The number of hydrogen-bond acceptors (Lipinski definition) is 8. The predicted molar refractivity (Wildman–Crippen MR) is 227 cm³/mol. The van der Waals surface area contributed by atoms with Crippen LogP contribution in [0, 0.1) is 11.3 Å². The van der Waals surface area contributed by atoms with Crippen molar-refractivity contribution >= 4 is 58.0 Å². The minimum atomic E-state index is -1.16. The Morgan fingerprint density at radius 2 is 1.66 bits per heavy atom. The first-order chi connectivity index (χ1) is 28.6. The summed E-state index contributed by atoms with van der Waals surface area (Å²) < 4.78 is 12.2. The fraction of sp³-hybridized carbons (Fsp3) is 0.174. The molecule has 13 heteroatoms. The number of nitrogens with one attached hydrogen (secondary N) is 2. The Morgan fingerprint density at radius 3 is 2.34 bits per heavy atom. The third-order valence-electron chi connectivity index (χ3n) is 10.4. The smallest absolute Gasteiger partial charge is 0.326 e. The van der Waals surface area contributed by atoms with E-state index in [-0.39, 0.29) is 12.3 Å². The molecule has 6 aromatic rings. The van der Waals surface area contributed by atoms with Crippen LogP contribution in [0.3, 0.4) is 0 Å². The third-order valence-corrected chi connectivity index (χ3v) is 12.0. The lowest BCUT2D eigenvalue weighted by Gasteiger charge is -2.37. The van der Waals surface area contributed by atoms with Gasteiger partial charge in [-0.2, -0.15) is 5.26 Å². The quantitative estimate of drug-likeness (QED) is 0.111. The summed E-state index contributed by atoms with van der Waals surface area (Å²) in [7, 11) is 0. The van der Waals surface area contributed by atoms with E-state index in [1.165, 1.54) is 0 Å². The fourth-order valence-electron chi connectivity index (χ4n) is 7.30. The van der Waals surface area contributed by atoms with E-state index in [9.17, 15) is 19.5 Å². The van der Waals surface area contributed by atoms with Crippen LogP contribution >= 0.6 is 34.5 Å². The van der Waals surface area contributed by atoms with Crippen LogP contribution in [0.2, 0.25) is 10.0 Å². The van der Waals surface area contributed by atoms with Crippen molar-refractivity contribution in [2.75, 3.05) is 5.32 Å². The van der Waals surface area contributed by atoms with Crippen molar-refractivity contribution in [2.45, 2.75) is 50.7 Å². The molecule has 59 heavy (non-hydrogen) atoms. The summed E-state index contributed by atoms with van der Waals surface area (Å²) in [5.74, 6) is -0.732. The molecule has 0 aliphatic carbocycles. The summed E-state index contributed by atoms with van der Waals surface area (Å²) >= 11 is 13.7. The number of fused-ring (bicyclic) bond motifs is 2. The van der Waals surface area contributed by atoms with Crippen LogP contribution in [-0.4, -0.2) is 39.9 Å². The largest absolute Gasteiger partial charge is 0.489 e. The number of carbonyl (C=O) groups excluding carboxylic acids is 2. The molecule has 3 N–H and O–H groups in total. The van der Waals surface area contributed by atoms with E-state index in [1.807, 2.05) is 72.1 Å². The van der Waals surface area contributed by atoms with Gasteiger partial charge >= 0.3 is 5.97 Å². The van der Waals surface area contributed by atoms with Crippen molar-refractivity contribution in [3.63, 3.8) is 0 Å². The Bertz CT molecular complexity index is 2560. The average Bonchev–Trinajstić information content (AvgIpc) is 3.76. The number of aliphatic carboxylic acids is 1. The molecule has 10 nitrogen and oxygen atoms in total. The molecule has 3 heterocycles. The van der Waals surface area contributed by atoms with Crippen LogP contribution in [0.1, 0.15) is 44.4 Å². The lowest BCUT2D eigenvalue weighted by Crippen LogP contribution is -2.54. The zero-order chi connectivity index (χ0) is 41.0. The Balaban J connectivity index is 0.962. The van der Waals surface area contributed by atoms with Gasteiger partial charge in [-0.1, -0.05) is 83.9 Å². The van der Waals surface area contributed by atoms with E-state index in [1.54, 1.807) is 59.9 Å². The van der Waals surface area contributed by atoms with E-state index in [0.717, 1.165) is 38.3 Å². The second-order valence-electron chi connectivity index (χ2n) is 14.4. The van der Waals surface area contributed by atoms with Gasteiger partial charge in [-0.05, 0) is 99.8 Å². The minimum Gasteiger partial charge on any atom is -0.489 e. The molecular formula is C46H36Cl2N4O6S. The van der Waals surface area contributed by atoms with Gasteiger partial charge in [0, 0.05) is 30.0 Å².